The molecular formula is C21H18BrNO5. The van der Waals surface area contributed by atoms with Crippen molar-refractivity contribution < 1.29 is 23.8 Å². The van der Waals surface area contributed by atoms with Gasteiger partial charge in [0.15, 0.2) is 11.5 Å². The predicted octanol–water partition coefficient (Wildman–Crippen LogP) is 3.80. The summed E-state index contributed by atoms with van der Waals surface area (Å²) in [5.74, 6) is 0.106. The molecule has 0 fully saturated rings. The molecule has 0 radical (unpaired) electrons. The molecule has 2 aliphatic rings. The van der Waals surface area contributed by atoms with Crippen molar-refractivity contribution >= 4 is 33.5 Å². The summed E-state index contributed by atoms with van der Waals surface area (Å²) in [4.78, 5) is 27.3. The van der Waals surface area contributed by atoms with Crippen LogP contribution >= 0.6 is 15.9 Å². The summed E-state index contributed by atoms with van der Waals surface area (Å²) < 4.78 is 17.1. The first-order chi connectivity index (χ1) is 13.5. The Morgan fingerprint density at radius 3 is 2.61 bits per heavy atom. The number of halogens is 1. The van der Waals surface area contributed by atoms with Crippen LogP contribution in [0.25, 0.3) is 0 Å². The number of nitrogens with zero attached hydrogens (tertiary/aromatic N) is 1. The molecule has 0 aliphatic carbocycles. The van der Waals surface area contributed by atoms with Gasteiger partial charge in [0.1, 0.15) is 6.61 Å². The second-order valence-corrected chi connectivity index (χ2v) is 7.40. The Balaban J connectivity index is 1.87. The summed E-state index contributed by atoms with van der Waals surface area (Å²) in [6.45, 7) is 0.0647. The fourth-order valence-corrected chi connectivity index (χ4v) is 4.21. The van der Waals surface area contributed by atoms with Crippen LogP contribution < -0.4 is 14.4 Å². The molecule has 1 atom stereocenters. The number of rotatable bonds is 4. The Morgan fingerprint density at radius 2 is 1.89 bits per heavy atom. The van der Waals surface area contributed by atoms with Crippen LogP contribution in [0.2, 0.25) is 0 Å². The largest absolute Gasteiger partial charge is 0.493 e. The Kier molecular flexibility index (Phi) is 4.85. The van der Waals surface area contributed by atoms with E-state index in [2.05, 4.69) is 15.9 Å². The maximum absolute atomic E-state index is 13.1. The molecule has 2 aromatic carbocycles. The lowest BCUT2D eigenvalue weighted by atomic mass is 9.83. The third kappa shape index (κ3) is 2.96. The Hall–Kier alpha value is -2.80. The minimum atomic E-state index is -0.453. The summed E-state index contributed by atoms with van der Waals surface area (Å²) in [5.41, 5.74) is 2.50. The standard InChI is InChI=1S/C21H18BrNO5/c1-26-17-8-4-7-14(20(17)27-2)15-10-18(24)23(13-6-3-5-12(22)9-13)16-11-28-21(25)19(15)16/h3-9,15H,10-11H2,1-2H3/t15-/m0/s1. The lowest BCUT2D eigenvalue weighted by Crippen LogP contribution is -2.37. The normalized spacial score (nSPS) is 18.8. The smallest absolute Gasteiger partial charge is 0.336 e. The number of para-hydroxylation sites is 1. The number of amides is 1. The lowest BCUT2D eigenvalue weighted by molar-refractivity contribution is -0.136. The second-order valence-electron chi connectivity index (χ2n) is 6.48. The molecule has 144 valence electrons. The van der Waals surface area contributed by atoms with Crippen LogP contribution in [0.3, 0.4) is 0 Å². The fourth-order valence-electron chi connectivity index (χ4n) is 3.82. The van der Waals surface area contributed by atoms with E-state index < -0.39 is 11.9 Å². The number of methoxy groups -OCH3 is 2. The molecule has 0 saturated carbocycles. The highest BCUT2D eigenvalue weighted by molar-refractivity contribution is 9.10. The van der Waals surface area contributed by atoms with Gasteiger partial charge >= 0.3 is 5.97 Å². The van der Waals surface area contributed by atoms with E-state index >= 15 is 0 Å². The van der Waals surface area contributed by atoms with E-state index in [1.54, 1.807) is 25.2 Å². The van der Waals surface area contributed by atoms with E-state index in [9.17, 15) is 9.59 Å². The molecular weight excluding hydrogens is 426 g/mol. The van der Waals surface area contributed by atoms with E-state index in [-0.39, 0.29) is 18.9 Å². The molecule has 0 unspecified atom stereocenters. The van der Waals surface area contributed by atoms with E-state index in [1.807, 2.05) is 36.4 Å². The van der Waals surface area contributed by atoms with Crippen LogP contribution in [-0.4, -0.2) is 32.7 Å². The third-order valence-electron chi connectivity index (χ3n) is 4.99. The van der Waals surface area contributed by atoms with Crippen molar-refractivity contribution in [3.8, 4) is 11.5 Å². The van der Waals surface area contributed by atoms with Gasteiger partial charge in [-0.05, 0) is 24.3 Å². The number of hydrogen-bond donors (Lipinski definition) is 0. The van der Waals surface area contributed by atoms with Gasteiger partial charge in [-0.25, -0.2) is 4.79 Å². The molecule has 0 spiro atoms. The number of hydrogen-bond acceptors (Lipinski definition) is 5. The maximum atomic E-state index is 13.1. The van der Waals surface area contributed by atoms with Crippen LogP contribution in [0.4, 0.5) is 5.69 Å². The van der Waals surface area contributed by atoms with Gasteiger partial charge in [0, 0.05) is 28.1 Å². The van der Waals surface area contributed by atoms with Crippen molar-refractivity contribution in [3.63, 3.8) is 0 Å². The third-order valence-corrected chi connectivity index (χ3v) is 5.49. The topological polar surface area (TPSA) is 65.1 Å². The van der Waals surface area contributed by atoms with E-state index in [0.717, 1.165) is 10.0 Å². The highest BCUT2D eigenvalue weighted by Crippen LogP contribution is 2.46. The summed E-state index contributed by atoms with van der Waals surface area (Å²) in [5, 5.41) is 0. The molecule has 2 heterocycles. The number of anilines is 1. The van der Waals surface area contributed by atoms with E-state index in [0.29, 0.717) is 28.5 Å². The van der Waals surface area contributed by atoms with Crippen LogP contribution in [-0.2, 0) is 14.3 Å². The molecule has 2 aromatic rings. The van der Waals surface area contributed by atoms with Gasteiger partial charge in [-0.1, -0.05) is 34.1 Å². The van der Waals surface area contributed by atoms with E-state index in [1.165, 1.54) is 0 Å². The van der Waals surface area contributed by atoms with Crippen molar-refractivity contribution in [2.24, 2.45) is 0 Å². The summed E-state index contributed by atoms with van der Waals surface area (Å²) in [6, 6.07) is 12.9. The summed E-state index contributed by atoms with van der Waals surface area (Å²) in [7, 11) is 3.10. The minimum absolute atomic E-state index is 0.0647. The number of benzene rings is 2. The predicted molar refractivity (Wildman–Crippen MR) is 107 cm³/mol. The van der Waals surface area contributed by atoms with Gasteiger partial charge in [-0.15, -0.1) is 0 Å². The highest BCUT2D eigenvalue weighted by Gasteiger charge is 2.44. The first kappa shape index (κ1) is 18.6. The highest BCUT2D eigenvalue weighted by atomic mass is 79.9. The van der Waals surface area contributed by atoms with Gasteiger partial charge in [0.25, 0.3) is 0 Å². The number of ether oxygens (including phenoxy) is 3. The molecule has 7 heteroatoms. The van der Waals surface area contributed by atoms with Crippen LogP contribution in [0.15, 0.2) is 58.2 Å². The molecule has 6 nitrogen and oxygen atoms in total. The van der Waals surface area contributed by atoms with Gasteiger partial charge in [-0.3, -0.25) is 9.69 Å². The van der Waals surface area contributed by atoms with Gasteiger partial charge < -0.3 is 14.2 Å². The summed E-state index contributed by atoms with van der Waals surface area (Å²) in [6.07, 6.45) is 0.129. The SMILES string of the molecule is COc1cccc([C@@H]2CC(=O)N(c3cccc(Br)c3)C3=C2C(=O)OC3)c1OC. The molecule has 4 rings (SSSR count). The Labute approximate surface area is 170 Å². The van der Waals surface area contributed by atoms with E-state index in [4.69, 9.17) is 14.2 Å². The van der Waals surface area contributed by atoms with Crippen molar-refractivity contribution in [1.82, 2.24) is 0 Å². The zero-order valence-electron chi connectivity index (χ0n) is 15.4. The van der Waals surface area contributed by atoms with Crippen LogP contribution in [0, 0.1) is 0 Å². The number of carbonyl (C=O) groups excluding carboxylic acids is 2. The first-order valence-corrected chi connectivity index (χ1v) is 9.54. The second kappa shape index (κ2) is 7.31. The average Bonchev–Trinajstić information content (AvgIpc) is 3.08. The van der Waals surface area contributed by atoms with Crippen LogP contribution in [0.5, 0.6) is 11.5 Å². The minimum Gasteiger partial charge on any atom is -0.493 e. The van der Waals surface area contributed by atoms with Crippen molar-refractivity contribution in [2.45, 2.75) is 12.3 Å². The van der Waals surface area contributed by atoms with Crippen molar-refractivity contribution in [1.29, 1.82) is 0 Å². The maximum Gasteiger partial charge on any atom is 0.336 e. The van der Waals surface area contributed by atoms with Gasteiger partial charge in [0.05, 0.1) is 25.5 Å². The first-order valence-electron chi connectivity index (χ1n) is 8.74. The molecule has 2 aliphatic heterocycles. The Morgan fingerprint density at radius 1 is 1.11 bits per heavy atom. The van der Waals surface area contributed by atoms with Crippen molar-refractivity contribution in [3.05, 3.63) is 63.8 Å². The number of esters is 1. The molecule has 28 heavy (non-hydrogen) atoms. The molecule has 0 saturated heterocycles. The quantitative estimate of drug-likeness (QED) is 0.672. The monoisotopic (exact) mass is 443 g/mol. The van der Waals surface area contributed by atoms with Gasteiger partial charge in [0.2, 0.25) is 5.91 Å². The molecule has 0 aromatic heterocycles. The lowest BCUT2D eigenvalue weighted by Gasteiger charge is -2.32. The Bertz CT molecular complexity index is 1000. The summed E-state index contributed by atoms with van der Waals surface area (Å²) >= 11 is 3.43. The zero-order valence-corrected chi connectivity index (χ0v) is 17.0. The number of carbonyl (C=O) groups is 2. The number of cyclic esters (lactones) is 1. The molecule has 1 amide bonds. The average molecular weight is 444 g/mol. The van der Waals surface area contributed by atoms with Crippen molar-refractivity contribution in [2.75, 3.05) is 25.7 Å². The van der Waals surface area contributed by atoms with Crippen LogP contribution in [0.1, 0.15) is 17.9 Å². The fraction of sp³-hybridized carbons (Fsp3) is 0.238. The van der Waals surface area contributed by atoms with Gasteiger partial charge in [-0.2, -0.15) is 0 Å². The molecule has 0 bridgehead atoms. The molecule has 0 N–H and O–H groups in total. The zero-order chi connectivity index (χ0) is 19.8.